The third-order valence-electron chi connectivity index (χ3n) is 3.34. The van der Waals surface area contributed by atoms with Gasteiger partial charge >= 0.3 is 0 Å². The average molecular weight is 274 g/mol. The predicted octanol–water partition coefficient (Wildman–Crippen LogP) is 3.27. The van der Waals surface area contributed by atoms with Crippen LogP contribution in [0.15, 0.2) is 47.4 Å². The second kappa shape index (κ2) is 5.53. The van der Waals surface area contributed by atoms with Crippen molar-refractivity contribution < 1.29 is 0 Å². The molecule has 0 atom stereocenters. The molecule has 100 valence electrons. The van der Waals surface area contributed by atoms with E-state index in [4.69, 9.17) is 12.2 Å². The minimum absolute atomic E-state index is 0.128. The van der Waals surface area contributed by atoms with Crippen molar-refractivity contribution in [1.82, 2.24) is 9.55 Å². The van der Waals surface area contributed by atoms with Gasteiger partial charge in [-0.15, -0.1) is 0 Å². The Morgan fingerprint density at radius 1 is 1.21 bits per heavy atom. The Morgan fingerprint density at radius 2 is 1.89 bits per heavy atom. The van der Waals surface area contributed by atoms with E-state index >= 15 is 0 Å². The summed E-state index contributed by atoms with van der Waals surface area (Å²) in [6.07, 6.45) is 3.71. The van der Waals surface area contributed by atoms with Crippen molar-refractivity contribution in [2.45, 2.75) is 32.2 Å². The van der Waals surface area contributed by atoms with Crippen molar-refractivity contribution in [2.24, 2.45) is 0 Å². The summed E-state index contributed by atoms with van der Waals surface area (Å²) in [5, 5.41) is 0. The molecule has 0 saturated carbocycles. The molecule has 1 aromatic heterocycles. The van der Waals surface area contributed by atoms with Gasteiger partial charge in [-0.3, -0.25) is 9.78 Å². The van der Waals surface area contributed by atoms with E-state index in [2.05, 4.69) is 31.0 Å². The van der Waals surface area contributed by atoms with E-state index in [1.54, 1.807) is 6.20 Å². The fraction of sp³-hybridized carbons (Fsp3) is 0.333. The highest BCUT2D eigenvalue weighted by molar-refractivity contribution is 7.71. The second-order valence-corrected chi connectivity index (χ2v) is 5.66. The molecule has 0 aliphatic heterocycles. The summed E-state index contributed by atoms with van der Waals surface area (Å²) in [4.78, 5) is 13.9. The largest absolute Gasteiger partial charge is 0.320 e. The van der Waals surface area contributed by atoms with E-state index in [0.717, 1.165) is 12.8 Å². The molecule has 1 heterocycles. The van der Waals surface area contributed by atoms with Crippen LogP contribution in [0.1, 0.15) is 25.8 Å². The average Bonchev–Trinajstić information content (AvgIpc) is 2.37. The molecule has 0 radical (unpaired) electrons. The smallest absolute Gasteiger partial charge is 0.251 e. The molecule has 2 aromatic rings. The monoisotopic (exact) mass is 274 g/mol. The van der Waals surface area contributed by atoms with Gasteiger partial charge < -0.3 is 4.57 Å². The van der Waals surface area contributed by atoms with Crippen LogP contribution in [0.2, 0.25) is 0 Å². The normalized spacial score (nSPS) is 11.5. The molecule has 0 fully saturated rings. The maximum absolute atomic E-state index is 11.2. The van der Waals surface area contributed by atoms with E-state index in [1.165, 1.54) is 11.6 Å². The molecule has 0 bridgehead atoms. The minimum Gasteiger partial charge on any atom is -0.320 e. The van der Waals surface area contributed by atoms with Gasteiger partial charge in [0.05, 0.1) is 0 Å². The second-order valence-electron chi connectivity index (χ2n) is 5.28. The molecule has 1 aromatic carbocycles. The first-order valence-corrected chi connectivity index (χ1v) is 6.76. The fourth-order valence-corrected chi connectivity index (χ4v) is 2.52. The topological polar surface area (TPSA) is 37.8 Å². The molecule has 0 spiro atoms. The molecule has 2 rings (SSSR count). The molecular weight excluding hydrogens is 256 g/mol. The van der Waals surface area contributed by atoms with Crippen LogP contribution in [0, 0.1) is 4.77 Å². The standard InChI is InChI=1S/C15H18N2OS/c1-15(2,10-8-12-6-4-3-5-7-12)17-11-9-13(18)16-14(17)19/h3-7,9,11H,8,10H2,1-2H3,(H,16,18,19). The summed E-state index contributed by atoms with van der Waals surface area (Å²) >= 11 is 5.23. The number of nitrogens with zero attached hydrogens (tertiary/aromatic N) is 1. The lowest BCUT2D eigenvalue weighted by Gasteiger charge is -2.28. The lowest BCUT2D eigenvalue weighted by molar-refractivity contribution is 0.318. The molecule has 3 nitrogen and oxygen atoms in total. The molecule has 4 heteroatoms. The van der Waals surface area contributed by atoms with Gasteiger partial charge in [0, 0.05) is 17.8 Å². The zero-order valence-electron chi connectivity index (χ0n) is 11.2. The quantitative estimate of drug-likeness (QED) is 0.869. The highest BCUT2D eigenvalue weighted by Gasteiger charge is 2.20. The zero-order chi connectivity index (χ0) is 13.9. The summed E-state index contributed by atoms with van der Waals surface area (Å²) in [6, 6.07) is 11.9. The first-order chi connectivity index (χ1) is 8.99. The maximum atomic E-state index is 11.2. The number of aryl methyl sites for hydroxylation is 1. The van der Waals surface area contributed by atoms with Crippen molar-refractivity contribution in [3.63, 3.8) is 0 Å². The van der Waals surface area contributed by atoms with Crippen molar-refractivity contribution in [2.75, 3.05) is 0 Å². The van der Waals surface area contributed by atoms with Gasteiger partial charge in [-0.2, -0.15) is 0 Å². The number of rotatable bonds is 4. The zero-order valence-corrected chi connectivity index (χ0v) is 12.0. The van der Waals surface area contributed by atoms with Gasteiger partial charge in [0.25, 0.3) is 5.56 Å². The van der Waals surface area contributed by atoms with E-state index in [0.29, 0.717) is 4.77 Å². The van der Waals surface area contributed by atoms with Crippen molar-refractivity contribution >= 4 is 12.2 Å². The molecule has 0 amide bonds. The summed E-state index contributed by atoms with van der Waals surface area (Å²) in [5.74, 6) is 0. The van der Waals surface area contributed by atoms with Crippen LogP contribution < -0.4 is 5.56 Å². The van der Waals surface area contributed by atoms with Gasteiger partial charge in [0.1, 0.15) is 0 Å². The summed E-state index contributed by atoms with van der Waals surface area (Å²) < 4.78 is 2.43. The molecule has 19 heavy (non-hydrogen) atoms. The van der Waals surface area contributed by atoms with Crippen molar-refractivity contribution in [3.05, 3.63) is 63.3 Å². The van der Waals surface area contributed by atoms with Gasteiger partial charge in [-0.1, -0.05) is 30.3 Å². The number of aromatic nitrogens is 2. The van der Waals surface area contributed by atoms with Crippen LogP contribution in [0.25, 0.3) is 0 Å². The van der Waals surface area contributed by atoms with Crippen LogP contribution >= 0.6 is 12.2 Å². The number of hydrogen-bond donors (Lipinski definition) is 1. The molecule has 0 saturated heterocycles. The van der Waals surface area contributed by atoms with Gasteiger partial charge in [0.2, 0.25) is 0 Å². The third kappa shape index (κ3) is 3.41. The third-order valence-corrected chi connectivity index (χ3v) is 3.64. The van der Waals surface area contributed by atoms with Gasteiger partial charge in [-0.25, -0.2) is 0 Å². The summed E-state index contributed by atoms with van der Waals surface area (Å²) in [5.41, 5.74) is 1.03. The minimum atomic E-state index is -0.153. The first kappa shape index (κ1) is 13.7. The van der Waals surface area contributed by atoms with Crippen LogP contribution in [0.5, 0.6) is 0 Å². The molecule has 1 N–H and O–H groups in total. The van der Waals surface area contributed by atoms with E-state index in [-0.39, 0.29) is 11.1 Å². The Hall–Kier alpha value is -1.68. The van der Waals surface area contributed by atoms with Crippen LogP contribution in [0.4, 0.5) is 0 Å². The lowest BCUT2D eigenvalue weighted by Crippen LogP contribution is -2.29. The van der Waals surface area contributed by atoms with Gasteiger partial charge in [-0.05, 0) is 44.5 Å². The molecule has 0 aliphatic rings. The SMILES string of the molecule is CC(C)(CCc1ccccc1)n1ccc(=O)[nH]c1=S. The van der Waals surface area contributed by atoms with Crippen LogP contribution in [-0.2, 0) is 12.0 Å². The molecule has 0 aliphatic carbocycles. The Balaban J connectivity index is 2.18. The van der Waals surface area contributed by atoms with Crippen LogP contribution in [-0.4, -0.2) is 9.55 Å². The predicted molar refractivity (Wildman–Crippen MR) is 80.0 cm³/mol. The molecule has 0 unspecified atom stereocenters. The Bertz CT molecular complexity index is 656. The lowest BCUT2D eigenvalue weighted by atomic mass is 9.95. The van der Waals surface area contributed by atoms with E-state index in [1.807, 2.05) is 22.8 Å². The Kier molecular flexibility index (Phi) is 4.00. The van der Waals surface area contributed by atoms with Crippen molar-refractivity contribution in [3.8, 4) is 0 Å². The number of H-pyrrole nitrogens is 1. The highest BCUT2D eigenvalue weighted by Crippen LogP contribution is 2.21. The number of nitrogens with one attached hydrogen (secondary N) is 1. The van der Waals surface area contributed by atoms with Crippen LogP contribution in [0.3, 0.4) is 0 Å². The maximum Gasteiger partial charge on any atom is 0.251 e. The summed E-state index contributed by atoms with van der Waals surface area (Å²) in [7, 11) is 0. The van der Waals surface area contributed by atoms with Crippen molar-refractivity contribution in [1.29, 1.82) is 0 Å². The number of aromatic amines is 1. The number of benzene rings is 1. The fourth-order valence-electron chi connectivity index (χ4n) is 2.11. The Morgan fingerprint density at radius 3 is 2.53 bits per heavy atom. The van der Waals surface area contributed by atoms with E-state index in [9.17, 15) is 4.79 Å². The highest BCUT2D eigenvalue weighted by atomic mass is 32.1. The van der Waals surface area contributed by atoms with E-state index < -0.39 is 0 Å². The first-order valence-electron chi connectivity index (χ1n) is 6.35. The van der Waals surface area contributed by atoms with Gasteiger partial charge in [0.15, 0.2) is 4.77 Å². The number of hydrogen-bond acceptors (Lipinski definition) is 2. The Labute approximate surface area is 117 Å². The molecular formula is C15H18N2OS. The summed E-state index contributed by atoms with van der Waals surface area (Å²) in [6.45, 7) is 4.26.